The highest BCUT2D eigenvalue weighted by Gasteiger charge is 2.16. The van der Waals surface area contributed by atoms with Gasteiger partial charge in [-0.3, -0.25) is 0 Å². The van der Waals surface area contributed by atoms with E-state index in [4.69, 9.17) is 15.0 Å². The van der Waals surface area contributed by atoms with E-state index in [0.717, 1.165) is 42.6 Å². The van der Waals surface area contributed by atoms with Crippen LogP contribution in [0.25, 0.3) is 20.9 Å². The summed E-state index contributed by atoms with van der Waals surface area (Å²) in [6.45, 7) is 0. The van der Waals surface area contributed by atoms with E-state index in [-0.39, 0.29) is 5.82 Å². The molecule has 32 heavy (non-hydrogen) atoms. The van der Waals surface area contributed by atoms with Crippen LogP contribution in [-0.2, 0) is 11.5 Å². The summed E-state index contributed by atoms with van der Waals surface area (Å²) in [6, 6.07) is 27.1. The quantitative estimate of drug-likeness (QED) is 0.139. The van der Waals surface area contributed by atoms with Gasteiger partial charge >= 0.3 is 0 Å². The third-order valence-electron chi connectivity index (χ3n) is 4.73. The number of nitrogens with zero attached hydrogens (tertiary/aromatic N) is 3. The van der Waals surface area contributed by atoms with Crippen molar-refractivity contribution in [2.24, 2.45) is 0 Å². The van der Waals surface area contributed by atoms with Crippen LogP contribution in [-0.4, -0.2) is 15.0 Å². The van der Waals surface area contributed by atoms with Gasteiger partial charge < -0.3 is 0 Å². The lowest BCUT2D eigenvalue weighted by molar-refractivity contribution is 0.628. The number of fused-ring (bicyclic) bond motifs is 1. The zero-order chi connectivity index (χ0) is 21.8. The Hall–Kier alpha value is -2.74. The summed E-state index contributed by atoms with van der Waals surface area (Å²) in [7, 11) is 0. The molecule has 0 spiro atoms. The average molecular weight is 476 g/mol. The number of rotatable bonds is 7. The van der Waals surface area contributed by atoms with E-state index >= 15 is 0 Å². The molecule has 0 unspecified atom stereocenters. The predicted molar refractivity (Wildman–Crippen MR) is 133 cm³/mol. The van der Waals surface area contributed by atoms with Crippen molar-refractivity contribution in [3.63, 3.8) is 0 Å². The molecule has 0 amide bonds. The second-order valence-electron chi connectivity index (χ2n) is 7.04. The fourth-order valence-electron chi connectivity index (χ4n) is 3.11. The van der Waals surface area contributed by atoms with Crippen LogP contribution < -0.4 is 0 Å². The van der Waals surface area contributed by atoms with Crippen LogP contribution in [0, 0.1) is 5.82 Å². The minimum atomic E-state index is -0.256. The summed E-state index contributed by atoms with van der Waals surface area (Å²) in [5.74, 6) is 1.35. The maximum atomic E-state index is 13.4. The van der Waals surface area contributed by atoms with Gasteiger partial charge in [0.05, 0.1) is 0 Å². The Labute approximate surface area is 198 Å². The van der Waals surface area contributed by atoms with E-state index in [1.54, 1.807) is 35.7 Å². The molecule has 158 valence electrons. The highest BCUT2D eigenvalue weighted by atomic mass is 32.2. The first kappa shape index (κ1) is 21.1. The number of hydrogen-bond donors (Lipinski definition) is 0. The summed E-state index contributed by atoms with van der Waals surface area (Å²) < 4.78 is 13.4. The van der Waals surface area contributed by atoms with Crippen molar-refractivity contribution in [2.75, 3.05) is 0 Å². The van der Waals surface area contributed by atoms with Gasteiger partial charge in [-0.2, -0.15) is 0 Å². The summed E-state index contributed by atoms with van der Waals surface area (Å²) in [4.78, 5) is 15.3. The minimum Gasteiger partial charge on any atom is -0.231 e. The molecule has 0 fully saturated rings. The van der Waals surface area contributed by atoms with Crippen molar-refractivity contribution in [3.8, 4) is 10.6 Å². The third-order valence-corrected chi connectivity index (χ3v) is 7.68. The van der Waals surface area contributed by atoms with Crippen molar-refractivity contribution in [1.82, 2.24) is 15.0 Å². The number of halogens is 1. The van der Waals surface area contributed by atoms with E-state index in [9.17, 15) is 4.39 Å². The van der Waals surface area contributed by atoms with Gasteiger partial charge in [-0.05, 0) is 35.4 Å². The number of thioether (sulfide) groups is 2. The predicted octanol–water partition coefficient (Wildman–Crippen LogP) is 7.48. The minimum absolute atomic E-state index is 0.256. The molecule has 3 nitrogen and oxygen atoms in total. The van der Waals surface area contributed by atoms with Crippen LogP contribution in [0.2, 0.25) is 0 Å². The van der Waals surface area contributed by atoms with Gasteiger partial charge in [-0.15, -0.1) is 0 Å². The molecule has 0 saturated carbocycles. The maximum Gasteiger partial charge on any atom is 0.190 e. The Kier molecular flexibility index (Phi) is 6.48. The molecule has 0 N–H and O–H groups in total. The lowest BCUT2D eigenvalue weighted by Crippen LogP contribution is -1.92. The second-order valence-corrected chi connectivity index (χ2v) is 9.92. The topological polar surface area (TPSA) is 38.7 Å². The highest BCUT2D eigenvalue weighted by Crippen LogP contribution is 2.36. The van der Waals surface area contributed by atoms with Gasteiger partial charge in [-0.25, -0.2) is 19.3 Å². The second kappa shape index (κ2) is 9.81. The summed E-state index contributed by atoms with van der Waals surface area (Å²) >= 11 is 4.81. The Balaban J connectivity index is 1.48. The molecule has 0 radical (unpaired) electrons. The van der Waals surface area contributed by atoms with Crippen molar-refractivity contribution in [3.05, 3.63) is 102 Å². The molecule has 0 aliphatic rings. The molecule has 0 bridgehead atoms. The Morgan fingerprint density at radius 3 is 1.97 bits per heavy atom. The van der Waals surface area contributed by atoms with E-state index in [2.05, 4.69) is 24.3 Å². The summed E-state index contributed by atoms with van der Waals surface area (Å²) in [6.07, 6.45) is 0. The summed E-state index contributed by atoms with van der Waals surface area (Å²) in [5, 5.41) is 2.44. The number of thiazole rings is 1. The van der Waals surface area contributed by atoms with Crippen molar-refractivity contribution in [1.29, 1.82) is 0 Å². The summed E-state index contributed by atoms with van der Waals surface area (Å²) in [5.41, 5.74) is 4.15. The molecular formula is C25H18FN3S3. The third kappa shape index (κ3) is 5.01. The SMILES string of the molecule is Fc1ccc(-c2nc3c(SCc4ccccc4)nc(SCc4ccccc4)nc3s2)cc1. The molecule has 2 aromatic heterocycles. The zero-order valence-corrected chi connectivity index (χ0v) is 19.4. The lowest BCUT2D eigenvalue weighted by atomic mass is 10.2. The molecule has 5 rings (SSSR count). The molecule has 0 aliphatic heterocycles. The Morgan fingerprint density at radius 2 is 1.31 bits per heavy atom. The van der Waals surface area contributed by atoms with Crippen molar-refractivity contribution < 1.29 is 4.39 Å². The molecule has 3 aromatic carbocycles. The van der Waals surface area contributed by atoms with Gasteiger partial charge in [-0.1, -0.05) is 95.5 Å². The molecule has 0 aliphatic carbocycles. The first-order chi connectivity index (χ1) is 15.7. The molecule has 5 aromatic rings. The maximum absolute atomic E-state index is 13.4. The van der Waals surface area contributed by atoms with Gasteiger partial charge in [0.1, 0.15) is 26.2 Å². The molecular weight excluding hydrogens is 457 g/mol. The Morgan fingerprint density at radius 1 is 0.688 bits per heavy atom. The van der Waals surface area contributed by atoms with Crippen molar-refractivity contribution >= 4 is 45.2 Å². The number of aromatic nitrogens is 3. The highest BCUT2D eigenvalue weighted by molar-refractivity contribution is 7.99. The standard InChI is InChI=1S/C25H18FN3S3/c26-20-13-11-19(12-14-20)22-27-21-23(30-15-17-7-3-1-4-8-17)28-25(29-24(21)32-22)31-16-18-9-5-2-6-10-18/h1-14H,15-16H2. The van der Waals surface area contributed by atoms with Gasteiger partial charge in [0.25, 0.3) is 0 Å². The largest absolute Gasteiger partial charge is 0.231 e. The van der Waals surface area contributed by atoms with Crippen LogP contribution in [0.15, 0.2) is 95.1 Å². The normalized spacial score (nSPS) is 11.2. The molecule has 0 saturated heterocycles. The first-order valence-corrected chi connectivity index (χ1v) is 12.8. The monoisotopic (exact) mass is 475 g/mol. The van der Waals surface area contributed by atoms with E-state index in [1.807, 2.05) is 36.4 Å². The van der Waals surface area contributed by atoms with E-state index in [0.29, 0.717) is 0 Å². The zero-order valence-electron chi connectivity index (χ0n) is 16.9. The van der Waals surface area contributed by atoms with Crippen LogP contribution in [0.1, 0.15) is 11.1 Å². The van der Waals surface area contributed by atoms with Gasteiger partial charge in [0, 0.05) is 17.1 Å². The smallest absolute Gasteiger partial charge is 0.190 e. The number of benzene rings is 3. The van der Waals surface area contributed by atoms with Crippen molar-refractivity contribution in [2.45, 2.75) is 21.7 Å². The first-order valence-electron chi connectivity index (χ1n) is 10.0. The fourth-order valence-corrected chi connectivity index (χ4v) is 5.96. The molecule has 7 heteroatoms. The van der Waals surface area contributed by atoms with Crippen LogP contribution in [0.5, 0.6) is 0 Å². The van der Waals surface area contributed by atoms with E-state index < -0.39 is 0 Å². The van der Waals surface area contributed by atoms with Crippen LogP contribution in [0.4, 0.5) is 4.39 Å². The fraction of sp³-hybridized carbons (Fsp3) is 0.0800. The lowest BCUT2D eigenvalue weighted by Gasteiger charge is -2.05. The van der Waals surface area contributed by atoms with Crippen LogP contribution in [0.3, 0.4) is 0 Å². The molecule has 0 atom stereocenters. The van der Waals surface area contributed by atoms with Crippen LogP contribution >= 0.6 is 34.9 Å². The van der Waals surface area contributed by atoms with E-state index in [1.165, 1.54) is 34.6 Å². The van der Waals surface area contributed by atoms with Gasteiger partial charge in [0.2, 0.25) is 0 Å². The van der Waals surface area contributed by atoms with Gasteiger partial charge in [0.15, 0.2) is 5.16 Å². The Bertz CT molecular complexity index is 1320. The molecule has 2 heterocycles. The number of hydrogen-bond acceptors (Lipinski definition) is 6. The average Bonchev–Trinajstić information content (AvgIpc) is 3.27.